The van der Waals surface area contributed by atoms with Gasteiger partial charge in [0.05, 0.1) is 12.3 Å². The quantitative estimate of drug-likeness (QED) is 0.421. The molecule has 0 spiro atoms. The van der Waals surface area contributed by atoms with E-state index in [1.54, 1.807) is 11.8 Å². The van der Waals surface area contributed by atoms with Gasteiger partial charge in [-0.25, -0.2) is 0 Å². The zero-order valence-corrected chi connectivity index (χ0v) is 21.3. The van der Waals surface area contributed by atoms with E-state index in [2.05, 4.69) is 38.2 Å². The van der Waals surface area contributed by atoms with Gasteiger partial charge in [0, 0.05) is 12.1 Å². The van der Waals surface area contributed by atoms with Crippen molar-refractivity contribution in [1.29, 1.82) is 0 Å². The number of benzene rings is 3. The molecule has 3 aromatic carbocycles. The van der Waals surface area contributed by atoms with Gasteiger partial charge >= 0.3 is 0 Å². The summed E-state index contributed by atoms with van der Waals surface area (Å²) in [5, 5.41) is 2.87. The molecule has 2 amide bonds. The van der Waals surface area contributed by atoms with E-state index in [9.17, 15) is 9.59 Å². The van der Waals surface area contributed by atoms with Crippen LogP contribution < -0.4 is 10.1 Å². The summed E-state index contributed by atoms with van der Waals surface area (Å²) in [4.78, 5) is 26.9. The van der Waals surface area contributed by atoms with Gasteiger partial charge in [-0.1, -0.05) is 75.4 Å². The first-order valence-corrected chi connectivity index (χ1v) is 12.9. The van der Waals surface area contributed by atoms with Gasteiger partial charge in [-0.3, -0.25) is 9.59 Å². The average molecular weight is 489 g/mol. The van der Waals surface area contributed by atoms with Gasteiger partial charge < -0.3 is 15.0 Å². The molecule has 3 aromatic rings. The molecule has 1 aliphatic rings. The van der Waals surface area contributed by atoms with Crippen LogP contribution in [0.1, 0.15) is 53.2 Å². The van der Waals surface area contributed by atoms with Crippen LogP contribution >= 0.6 is 11.8 Å². The molecule has 1 saturated heterocycles. The Morgan fingerprint density at radius 2 is 1.69 bits per heavy atom. The molecule has 0 aromatic heterocycles. The summed E-state index contributed by atoms with van der Waals surface area (Å²) in [5.74, 6) is 1.26. The lowest BCUT2D eigenvalue weighted by Gasteiger charge is -2.24. The predicted molar refractivity (Wildman–Crippen MR) is 142 cm³/mol. The van der Waals surface area contributed by atoms with E-state index in [1.807, 2.05) is 71.6 Å². The van der Waals surface area contributed by atoms with Crippen molar-refractivity contribution >= 4 is 23.6 Å². The van der Waals surface area contributed by atoms with Crippen LogP contribution in [0.4, 0.5) is 0 Å². The number of amides is 2. The Kier molecular flexibility index (Phi) is 7.81. The van der Waals surface area contributed by atoms with Gasteiger partial charge in [0.15, 0.2) is 0 Å². The minimum absolute atomic E-state index is 0.0436. The van der Waals surface area contributed by atoms with Crippen molar-refractivity contribution in [2.45, 2.75) is 38.1 Å². The first kappa shape index (κ1) is 24.9. The molecular weight excluding hydrogens is 456 g/mol. The molecule has 182 valence electrons. The lowest BCUT2D eigenvalue weighted by molar-refractivity contribution is -0.128. The van der Waals surface area contributed by atoms with Crippen LogP contribution in [-0.2, 0) is 16.8 Å². The molecule has 0 unspecified atom stereocenters. The van der Waals surface area contributed by atoms with Crippen LogP contribution in [0.25, 0.3) is 0 Å². The number of hydrogen-bond acceptors (Lipinski definition) is 4. The molecule has 1 N–H and O–H groups in total. The van der Waals surface area contributed by atoms with Gasteiger partial charge in [-0.2, -0.15) is 0 Å². The van der Waals surface area contributed by atoms with E-state index in [4.69, 9.17) is 4.74 Å². The second-order valence-corrected chi connectivity index (χ2v) is 10.7. The number of ether oxygens (including phenoxy) is 1. The highest BCUT2D eigenvalue weighted by Crippen LogP contribution is 2.39. The van der Waals surface area contributed by atoms with Crippen LogP contribution in [0.5, 0.6) is 5.75 Å². The van der Waals surface area contributed by atoms with Crippen molar-refractivity contribution < 1.29 is 14.3 Å². The minimum atomic E-state index is -0.139. The molecule has 4 rings (SSSR count). The van der Waals surface area contributed by atoms with Crippen molar-refractivity contribution in [3.05, 3.63) is 101 Å². The molecule has 35 heavy (non-hydrogen) atoms. The summed E-state index contributed by atoms with van der Waals surface area (Å²) in [5.41, 5.74) is 4.08. The first-order valence-electron chi connectivity index (χ1n) is 11.9. The molecule has 1 atom stereocenters. The average Bonchev–Trinajstić information content (AvgIpc) is 3.22. The van der Waals surface area contributed by atoms with Crippen LogP contribution in [0.3, 0.4) is 0 Å². The Labute approximate surface area is 211 Å². The fourth-order valence-electron chi connectivity index (χ4n) is 3.97. The van der Waals surface area contributed by atoms with E-state index in [-0.39, 0.29) is 22.6 Å². The lowest BCUT2D eigenvalue weighted by Crippen LogP contribution is -2.28. The smallest absolute Gasteiger partial charge is 0.251 e. The Morgan fingerprint density at radius 3 is 2.34 bits per heavy atom. The Hall–Kier alpha value is -3.25. The highest BCUT2D eigenvalue weighted by Gasteiger charge is 2.32. The van der Waals surface area contributed by atoms with Crippen molar-refractivity contribution in [2.24, 2.45) is 0 Å². The monoisotopic (exact) mass is 488 g/mol. The topological polar surface area (TPSA) is 58.6 Å². The normalized spacial score (nSPS) is 15.8. The molecule has 0 saturated carbocycles. The number of carbonyl (C=O) groups is 2. The Morgan fingerprint density at radius 1 is 1.00 bits per heavy atom. The fraction of sp³-hybridized carbons (Fsp3) is 0.310. The standard InChI is InChI=1S/C29H32N2O3S/c1-29(2,3)24-13-15-25(16-14-24)34-18-17-30-27(33)22-9-11-23(12-10-22)28-31(26(32)20-35-28)19-21-7-5-4-6-8-21/h4-16,28H,17-20H2,1-3H3,(H,30,33)/t28-/m0/s1. The highest BCUT2D eigenvalue weighted by atomic mass is 32.2. The molecule has 0 bridgehead atoms. The molecule has 0 radical (unpaired) electrons. The summed E-state index contributed by atoms with van der Waals surface area (Å²) in [7, 11) is 0. The lowest BCUT2D eigenvalue weighted by atomic mass is 9.87. The van der Waals surface area contributed by atoms with Crippen molar-refractivity contribution in [3.8, 4) is 5.75 Å². The number of carbonyl (C=O) groups excluding carboxylic acids is 2. The third-order valence-corrected chi connectivity index (χ3v) is 7.25. The van der Waals surface area contributed by atoms with Crippen molar-refractivity contribution in [3.63, 3.8) is 0 Å². The van der Waals surface area contributed by atoms with Crippen LogP contribution in [0.2, 0.25) is 0 Å². The number of hydrogen-bond donors (Lipinski definition) is 1. The summed E-state index contributed by atoms with van der Waals surface area (Å²) in [6, 6.07) is 25.6. The molecular formula is C29H32N2O3S. The Bertz CT molecular complexity index is 1140. The number of rotatable bonds is 8. The van der Waals surface area contributed by atoms with E-state index in [0.29, 0.717) is 31.0 Å². The number of nitrogens with zero attached hydrogens (tertiary/aromatic N) is 1. The Balaban J connectivity index is 1.28. The maximum Gasteiger partial charge on any atom is 0.251 e. The molecule has 0 aliphatic carbocycles. The van der Waals surface area contributed by atoms with E-state index < -0.39 is 0 Å². The zero-order valence-electron chi connectivity index (χ0n) is 20.5. The summed E-state index contributed by atoms with van der Waals surface area (Å²) in [6.45, 7) is 7.93. The van der Waals surface area contributed by atoms with Crippen molar-refractivity contribution in [2.75, 3.05) is 18.9 Å². The van der Waals surface area contributed by atoms with E-state index in [1.165, 1.54) is 5.56 Å². The zero-order chi connectivity index (χ0) is 24.8. The van der Waals surface area contributed by atoms with Gasteiger partial charge in [0.2, 0.25) is 5.91 Å². The molecule has 1 fully saturated rings. The summed E-state index contributed by atoms with van der Waals surface area (Å²) >= 11 is 1.62. The SMILES string of the molecule is CC(C)(C)c1ccc(OCCNC(=O)c2ccc([C@@H]3SCC(=O)N3Cc3ccccc3)cc2)cc1. The van der Waals surface area contributed by atoms with Crippen LogP contribution in [-0.4, -0.2) is 35.6 Å². The van der Waals surface area contributed by atoms with Gasteiger partial charge in [0.25, 0.3) is 5.91 Å². The second kappa shape index (κ2) is 11.0. The van der Waals surface area contributed by atoms with E-state index >= 15 is 0 Å². The molecule has 6 heteroatoms. The summed E-state index contributed by atoms with van der Waals surface area (Å²) < 4.78 is 5.76. The third kappa shape index (κ3) is 6.45. The first-order chi connectivity index (χ1) is 16.8. The van der Waals surface area contributed by atoms with Crippen LogP contribution in [0, 0.1) is 0 Å². The second-order valence-electron chi connectivity index (χ2n) is 9.67. The van der Waals surface area contributed by atoms with E-state index in [0.717, 1.165) is 16.9 Å². The number of thioether (sulfide) groups is 1. The summed E-state index contributed by atoms with van der Waals surface area (Å²) in [6.07, 6.45) is 0. The van der Waals surface area contributed by atoms with Gasteiger partial charge in [-0.15, -0.1) is 11.8 Å². The third-order valence-electron chi connectivity index (χ3n) is 6.00. The molecule has 1 aliphatic heterocycles. The molecule has 1 heterocycles. The molecule has 5 nitrogen and oxygen atoms in total. The van der Waals surface area contributed by atoms with Gasteiger partial charge in [0.1, 0.15) is 17.7 Å². The minimum Gasteiger partial charge on any atom is -0.492 e. The van der Waals surface area contributed by atoms with Crippen molar-refractivity contribution in [1.82, 2.24) is 10.2 Å². The maximum atomic E-state index is 12.6. The number of nitrogens with one attached hydrogen (secondary N) is 1. The highest BCUT2D eigenvalue weighted by molar-refractivity contribution is 8.00. The van der Waals surface area contributed by atoms with Gasteiger partial charge in [-0.05, 0) is 46.4 Å². The van der Waals surface area contributed by atoms with Crippen LogP contribution in [0.15, 0.2) is 78.9 Å². The largest absolute Gasteiger partial charge is 0.492 e. The fourth-order valence-corrected chi connectivity index (χ4v) is 5.15. The maximum absolute atomic E-state index is 12.6. The predicted octanol–water partition coefficient (Wildman–Crippen LogP) is 5.57.